The van der Waals surface area contributed by atoms with Gasteiger partial charge in [0.15, 0.2) is 0 Å². The van der Waals surface area contributed by atoms with Crippen molar-refractivity contribution in [3.63, 3.8) is 0 Å². The number of para-hydroxylation sites is 1. The van der Waals surface area contributed by atoms with E-state index in [1.807, 2.05) is 33.7 Å². The fourth-order valence-electron chi connectivity index (χ4n) is 5.28. The van der Waals surface area contributed by atoms with Crippen molar-refractivity contribution in [2.75, 3.05) is 23.7 Å². The largest absolute Gasteiger partial charge is 0.356 e. The van der Waals surface area contributed by atoms with Crippen molar-refractivity contribution in [3.8, 4) is 0 Å². The smallest absolute Gasteiger partial charge is 0.250 e. The zero-order chi connectivity index (χ0) is 20.8. The Morgan fingerprint density at radius 3 is 2.83 bits per heavy atom. The molecule has 0 radical (unpaired) electrons. The molecule has 3 aliphatic rings. The summed E-state index contributed by atoms with van der Waals surface area (Å²) in [6, 6.07) is 13.9. The van der Waals surface area contributed by atoms with Crippen LogP contribution in [-0.4, -0.2) is 44.6 Å². The van der Waals surface area contributed by atoms with Crippen LogP contribution >= 0.6 is 24.0 Å². The van der Waals surface area contributed by atoms with Gasteiger partial charge in [0.25, 0.3) is 5.56 Å². The number of amides is 1. The quantitative estimate of drug-likeness (QED) is 0.672. The van der Waals surface area contributed by atoms with E-state index in [0.717, 1.165) is 48.2 Å². The summed E-state index contributed by atoms with van der Waals surface area (Å²) in [6.45, 7) is 4.55. The van der Waals surface area contributed by atoms with Crippen molar-refractivity contribution in [2.24, 2.45) is 5.92 Å². The Bertz CT molecular complexity index is 1070. The first-order chi connectivity index (χ1) is 14.5. The zero-order valence-electron chi connectivity index (χ0n) is 17.0. The molecule has 156 valence electrons. The Labute approximate surface area is 186 Å². The van der Waals surface area contributed by atoms with Crippen molar-refractivity contribution >= 4 is 39.9 Å². The summed E-state index contributed by atoms with van der Waals surface area (Å²) in [5.41, 5.74) is 3.49. The maximum atomic E-state index is 13.0. The summed E-state index contributed by atoms with van der Waals surface area (Å²) in [4.78, 5) is 29.4. The molecule has 1 amide bonds. The van der Waals surface area contributed by atoms with Crippen LogP contribution in [0.1, 0.15) is 30.5 Å². The van der Waals surface area contributed by atoms with E-state index in [9.17, 15) is 9.59 Å². The molecule has 30 heavy (non-hydrogen) atoms. The highest BCUT2D eigenvalue weighted by atomic mass is 32.2. The number of pyridine rings is 1. The van der Waals surface area contributed by atoms with Crippen LogP contribution in [0.15, 0.2) is 47.3 Å². The zero-order valence-corrected chi connectivity index (χ0v) is 18.6. The molecule has 5 nitrogen and oxygen atoms in total. The monoisotopic (exact) mass is 439 g/mol. The number of hydrogen-bond acceptors (Lipinski definition) is 4. The summed E-state index contributed by atoms with van der Waals surface area (Å²) >= 11 is 7.20. The standard InChI is InChI=1S/C23H25N3O2S2/c1-15-9-17-5-2-3-6-20(17)26(15)22(28)14-30-23(29)24-11-16-10-18(13-24)19-7-4-8-21(27)25(19)12-16/h2-8,15-16,18H,9-14H2,1H3/t15-,16+,18-/m0/s1. The maximum absolute atomic E-state index is 13.0. The van der Waals surface area contributed by atoms with Gasteiger partial charge in [-0.1, -0.05) is 48.2 Å². The molecule has 2 aromatic rings. The summed E-state index contributed by atoms with van der Waals surface area (Å²) < 4.78 is 2.73. The molecule has 2 bridgehead atoms. The van der Waals surface area contributed by atoms with Gasteiger partial charge in [0.1, 0.15) is 4.32 Å². The SMILES string of the molecule is C[C@H]1Cc2ccccc2N1C(=O)CSC(=S)N1C[C@H]2C[C@@H](C1)c1cccc(=O)n1C2. The van der Waals surface area contributed by atoms with Gasteiger partial charge in [-0.25, -0.2) is 0 Å². The summed E-state index contributed by atoms with van der Waals surface area (Å²) in [7, 11) is 0. The second-order valence-corrected chi connectivity index (χ2v) is 10.2. The number of fused-ring (bicyclic) bond motifs is 5. The lowest BCUT2D eigenvalue weighted by molar-refractivity contribution is -0.116. The summed E-state index contributed by atoms with van der Waals surface area (Å²) in [6.07, 6.45) is 2.01. The molecule has 1 aromatic carbocycles. The molecule has 1 aromatic heterocycles. The van der Waals surface area contributed by atoms with Gasteiger partial charge in [-0.3, -0.25) is 9.59 Å². The van der Waals surface area contributed by atoms with Gasteiger partial charge < -0.3 is 14.4 Å². The van der Waals surface area contributed by atoms with E-state index in [1.54, 1.807) is 6.07 Å². The molecular formula is C23H25N3O2S2. The summed E-state index contributed by atoms with van der Waals surface area (Å²) in [5, 5.41) is 0. The van der Waals surface area contributed by atoms with E-state index in [4.69, 9.17) is 12.2 Å². The first-order valence-corrected chi connectivity index (χ1v) is 11.9. The number of likely N-dealkylation sites (tertiary alicyclic amines) is 1. The van der Waals surface area contributed by atoms with Gasteiger partial charge in [0, 0.05) is 49.0 Å². The minimum Gasteiger partial charge on any atom is -0.356 e. The van der Waals surface area contributed by atoms with Gasteiger partial charge in [0.05, 0.1) is 5.75 Å². The Morgan fingerprint density at radius 1 is 1.13 bits per heavy atom. The lowest BCUT2D eigenvalue weighted by atomic mass is 9.83. The van der Waals surface area contributed by atoms with Gasteiger partial charge >= 0.3 is 0 Å². The van der Waals surface area contributed by atoms with Crippen molar-refractivity contribution in [1.29, 1.82) is 0 Å². The normalized spacial score (nSPS) is 24.4. The summed E-state index contributed by atoms with van der Waals surface area (Å²) in [5.74, 6) is 1.23. The van der Waals surface area contributed by atoms with Crippen molar-refractivity contribution < 1.29 is 4.79 Å². The van der Waals surface area contributed by atoms with E-state index < -0.39 is 0 Å². The average molecular weight is 440 g/mol. The molecule has 0 aliphatic carbocycles. The van der Waals surface area contributed by atoms with Crippen LogP contribution in [0.5, 0.6) is 0 Å². The van der Waals surface area contributed by atoms with Crippen LogP contribution in [0.4, 0.5) is 5.69 Å². The number of thioether (sulfide) groups is 1. The number of thiocarbonyl (C=S) groups is 1. The topological polar surface area (TPSA) is 45.6 Å². The number of rotatable bonds is 2. The predicted octanol–water partition coefficient (Wildman–Crippen LogP) is 3.26. The molecule has 0 unspecified atom stereocenters. The lowest BCUT2D eigenvalue weighted by Crippen LogP contribution is -2.48. The highest BCUT2D eigenvalue weighted by molar-refractivity contribution is 8.23. The van der Waals surface area contributed by atoms with Crippen LogP contribution in [0.2, 0.25) is 0 Å². The Hall–Kier alpha value is -2.12. The Morgan fingerprint density at radius 2 is 1.97 bits per heavy atom. The Kier molecular flexibility index (Phi) is 5.19. The maximum Gasteiger partial charge on any atom is 0.250 e. The van der Waals surface area contributed by atoms with Gasteiger partial charge in [0.2, 0.25) is 5.91 Å². The number of anilines is 1. The van der Waals surface area contributed by atoms with E-state index in [2.05, 4.69) is 24.0 Å². The van der Waals surface area contributed by atoms with Crippen molar-refractivity contribution in [2.45, 2.75) is 38.3 Å². The van der Waals surface area contributed by atoms with Crippen molar-refractivity contribution in [1.82, 2.24) is 9.47 Å². The van der Waals surface area contributed by atoms with E-state index in [1.165, 1.54) is 17.3 Å². The molecule has 0 saturated carbocycles. The molecule has 3 aliphatic heterocycles. The second kappa shape index (κ2) is 7.85. The van der Waals surface area contributed by atoms with Crippen LogP contribution in [0.25, 0.3) is 0 Å². The highest BCUT2D eigenvalue weighted by Crippen LogP contribution is 2.36. The number of aromatic nitrogens is 1. The third kappa shape index (κ3) is 3.48. The molecule has 7 heteroatoms. The number of carbonyl (C=O) groups excluding carboxylic acids is 1. The first-order valence-electron chi connectivity index (χ1n) is 10.5. The van der Waals surface area contributed by atoms with Crippen LogP contribution < -0.4 is 10.5 Å². The van der Waals surface area contributed by atoms with Gasteiger partial charge in [-0.2, -0.15) is 0 Å². The van der Waals surface area contributed by atoms with Crippen LogP contribution in [0.3, 0.4) is 0 Å². The predicted molar refractivity (Wildman–Crippen MR) is 125 cm³/mol. The highest BCUT2D eigenvalue weighted by Gasteiger charge is 2.36. The van der Waals surface area contributed by atoms with Crippen LogP contribution in [-0.2, 0) is 17.8 Å². The van der Waals surface area contributed by atoms with E-state index in [-0.39, 0.29) is 17.5 Å². The third-order valence-electron chi connectivity index (χ3n) is 6.53. The number of piperidine rings is 1. The number of nitrogens with zero attached hydrogens (tertiary/aromatic N) is 3. The molecule has 1 saturated heterocycles. The Balaban J connectivity index is 1.24. The van der Waals surface area contributed by atoms with Crippen LogP contribution in [0, 0.1) is 5.92 Å². The van der Waals surface area contributed by atoms with Gasteiger partial charge in [-0.05, 0) is 43.4 Å². The fourth-order valence-corrected chi connectivity index (χ4v) is 6.32. The van der Waals surface area contributed by atoms with Crippen molar-refractivity contribution in [3.05, 3.63) is 64.1 Å². The first kappa shape index (κ1) is 19.8. The fraction of sp³-hybridized carbons (Fsp3) is 0.435. The number of hydrogen-bond donors (Lipinski definition) is 0. The molecule has 0 spiro atoms. The molecule has 5 rings (SSSR count). The van der Waals surface area contributed by atoms with E-state index >= 15 is 0 Å². The second-order valence-electron chi connectivity index (χ2n) is 8.60. The molecule has 1 fully saturated rings. The molecule has 3 atom stereocenters. The van der Waals surface area contributed by atoms with E-state index in [0.29, 0.717) is 17.6 Å². The minimum atomic E-state index is 0.0956. The molecule has 0 N–H and O–H groups in total. The number of carbonyl (C=O) groups is 1. The number of benzene rings is 1. The molecule has 4 heterocycles. The third-order valence-corrected chi connectivity index (χ3v) is 8.04. The lowest BCUT2D eigenvalue weighted by Gasteiger charge is -2.43. The average Bonchev–Trinajstić information content (AvgIpc) is 3.08. The van der Waals surface area contributed by atoms with Gasteiger partial charge in [-0.15, -0.1) is 0 Å². The minimum absolute atomic E-state index is 0.0956. The molecular weight excluding hydrogens is 414 g/mol.